The van der Waals surface area contributed by atoms with Crippen molar-refractivity contribution in [3.05, 3.63) is 45.3 Å². The van der Waals surface area contributed by atoms with Crippen LogP contribution in [0.2, 0.25) is 5.02 Å². The summed E-state index contributed by atoms with van der Waals surface area (Å²) in [7, 11) is 3.17. The molecule has 1 fully saturated rings. The standard InChI is InChI=1S/C16H15BrClN3O2/c1-21(11-6-4-3-5-10(11)17)15-12(18)13(16(22)23-2)19-14(20-15)9-7-8-9/h3-6,9H,7-8H2,1-2H3. The zero-order valence-electron chi connectivity index (χ0n) is 12.7. The van der Waals surface area contributed by atoms with Crippen molar-refractivity contribution < 1.29 is 9.53 Å². The quantitative estimate of drug-likeness (QED) is 0.720. The number of carbonyl (C=O) groups is 1. The lowest BCUT2D eigenvalue weighted by Gasteiger charge is -2.22. The molecule has 0 spiro atoms. The lowest BCUT2D eigenvalue weighted by atomic mass is 10.2. The predicted molar refractivity (Wildman–Crippen MR) is 92.6 cm³/mol. The number of methoxy groups -OCH3 is 1. The highest BCUT2D eigenvalue weighted by atomic mass is 79.9. The average Bonchev–Trinajstić information content (AvgIpc) is 3.39. The first-order chi connectivity index (χ1) is 11.0. The van der Waals surface area contributed by atoms with Gasteiger partial charge in [0, 0.05) is 17.4 Å². The summed E-state index contributed by atoms with van der Waals surface area (Å²) in [6.07, 6.45) is 2.06. The molecule has 1 heterocycles. The molecule has 3 rings (SSSR count). The number of anilines is 2. The van der Waals surface area contributed by atoms with E-state index in [4.69, 9.17) is 16.3 Å². The molecule has 0 unspecified atom stereocenters. The summed E-state index contributed by atoms with van der Waals surface area (Å²) in [5, 5.41) is 0.194. The SMILES string of the molecule is COC(=O)c1nc(C2CC2)nc(N(C)c2ccccc2Br)c1Cl. The summed E-state index contributed by atoms with van der Waals surface area (Å²) < 4.78 is 5.70. The number of esters is 1. The molecule has 0 N–H and O–H groups in total. The number of rotatable bonds is 4. The smallest absolute Gasteiger partial charge is 0.358 e. The zero-order chi connectivity index (χ0) is 16.6. The molecule has 5 nitrogen and oxygen atoms in total. The number of halogens is 2. The Morgan fingerprint density at radius 3 is 2.65 bits per heavy atom. The molecule has 1 aliphatic carbocycles. The first kappa shape index (κ1) is 16.2. The molecule has 2 aromatic rings. The van der Waals surface area contributed by atoms with Crippen LogP contribution in [0, 0.1) is 0 Å². The largest absolute Gasteiger partial charge is 0.464 e. The lowest BCUT2D eigenvalue weighted by molar-refractivity contribution is 0.0593. The van der Waals surface area contributed by atoms with Gasteiger partial charge in [-0.2, -0.15) is 0 Å². The second-order valence-corrected chi connectivity index (χ2v) is 6.58. The first-order valence-corrected chi connectivity index (χ1v) is 8.34. The molecule has 23 heavy (non-hydrogen) atoms. The minimum atomic E-state index is -0.555. The molecule has 1 saturated carbocycles. The number of carbonyl (C=O) groups excluding carboxylic acids is 1. The molecule has 0 radical (unpaired) electrons. The van der Waals surface area contributed by atoms with Crippen LogP contribution in [0.5, 0.6) is 0 Å². The number of aromatic nitrogens is 2. The van der Waals surface area contributed by atoms with Crippen molar-refractivity contribution in [2.75, 3.05) is 19.1 Å². The topological polar surface area (TPSA) is 55.3 Å². The van der Waals surface area contributed by atoms with E-state index in [-0.39, 0.29) is 10.7 Å². The minimum absolute atomic E-state index is 0.111. The van der Waals surface area contributed by atoms with Gasteiger partial charge >= 0.3 is 5.97 Å². The summed E-state index contributed by atoms with van der Waals surface area (Å²) in [6, 6.07) is 7.73. The van der Waals surface area contributed by atoms with E-state index < -0.39 is 5.97 Å². The van der Waals surface area contributed by atoms with E-state index in [0.717, 1.165) is 23.0 Å². The second kappa shape index (κ2) is 6.45. The highest BCUT2D eigenvalue weighted by molar-refractivity contribution is 9.10. The Labute approximate surface area is 147 Å². The van der Waals surface area contributed by atoms with Crippen LogP contribution in [-0.4, -0.2) is 30.1 Å². The highest BCUT2D eigenvalue weighted by Gasteiger charge is 2.31. The van der Waals surface area contributed by atoms with Crippen molar-refractivity contribution in [2.45, 2.75) is 18.8 Å². The summed E-state index contributed by atoms with van der Waals surface area (Å²) in [6.45, 7) is 0. The summed E-state index contributed by atoms with van der Waals surface area (Å²) in [5.41, 5.74) is 1.01. The molecule has 0 aliphatic heterocycles. The van der Waals surface area contributed by atoms with Gasteiger partial charge in [0.05, 0.1) is 12.8 Å². The molecule has 1 aliphatic rings. The van der Waals surface area contributed by atoms with Gasteiger partial charge in [0.1, 0.15) is 10.8 Å². The summed E-state index contributed by atoms with van der Waals surface area (Å²) in [5.74, 6) is 0.877. The maximum Gasteiger partial charge on any atom is 0.358 e. The van der Waals surface area contributed by atoms with Gasteiger partial charge < -0.3 is 9.64 Å². The van der Waals surface area contributed by atoms with E-state index in [9.17, 15) is 4.79 Å². The highest BCUT2D eigenvalue weighted by Crippen LogP contribution is 2.41. The first-order valence-electron chi connectivity index (χ1n) is 7.17. The van der Waals surface area contributed by atoms with Crippen LogP contribution in [0.25, 0.3) is 0 Å². The molecule has 0 saturated heterocycles. The molecule has 1 aromatic carbocycles. The van der Waals surface area contributed by atoms with Crippen molar-refractivity contribution in [3.8, 4) is 0 Å². The normalized spacial score (nSPS) is 13.7. The Morgan fingerprint density at radius 1 is 1.35 bits per heavy atom. The van der Waals surface area contributed by atoms with Crippen molar-refractivity contribution >= 4 is 45.0 Å². The fraction of sp³-hybridized carbons (Fsp3) is 0.312. The fourth-order valence-electron chi connectivity index (χ4n) is 2.27. The Bertz CT molecular complexity index is 765. The maximum absolute atomic E-state index is 12.0. The molecule has 0 amide bonds. The van der Waals surface area contributed by atoms with E-state index in [0.29, 0.717) is 17.6 Å². The van der Waals surface area contributed by atoms with Gasteiger partial charge in [-0.3, -0.25) is 0 Å². The van der Waals surface area contributed by atoms with E-state index in [1.54, 1.807) is 0 Å². The van der Waals surface area contributed by atoms with E-state index >= 15 is 0 Å². The Morgan fingerprint density at radius 2 is 2.04 bits per heavy atom. The van der Waals surface area contributed by atoms with E-state index in [2.05, 4.69) is 25.9 Å². The zero-order valence-corrected chi connectivity index (χ0v) is 15.1. The Kier molecular flexibility index (Phi) is 4.55. The van der Waals surface area contributed by atoms with Gasteiger partial charge in [-0.25, -0.2) is 14.8 Å². The van der Waals surface area contributed by atoms with Crippen LogP contribution in [0.15, 0.2) is 28.7 Å². The minimum Gasteiger partial charge on any atom is -0.464 e. The van der Waals surface area contributed by atoms with Crippen molar-refractivity contribution in [1.29, 1.82) is 0 Å². The van der Waals surface area contributed by atoms with Gasteiger partial charge in [0.15, 0.2) is 11.5 Å². The summed E-state index contributed by atoms with van der Waals surface area (Å²) >= 11 is 9.91. The number of nitrogens with zero attached hydrogens (tertiary/aromatic N) is 3. The molecule has 0 bridgehead atoms. The second-order valence-electron chi connectivity index (χ2n) is 5.34. The van der Waals surface area contributed by atoms with Gasteiger partial charge in [0.2, 0.25) is 0 Å². The molecule has 1 aromatic heterocycles. The van der Waals surface area contributed by atoms with Gasteiger partial charge in [-0.1, -0.05) is 23.7 Å². The monoisotopic (exact) mass is 395 g/mol. The van der Waals surface area contributed by atoms with Crippen LogP contribution in [-0.2, 0) is 4.74 Å². The third kappa shape index (κ3) is 3.19. The maximum atomic E-state index is 12.0. The number of hydrogen-bond acceptors (Lipinski definition) is 5. The van der Waals surface area contributed by atoms with Crippen LogP contribution >= 0.6 is 27.5 Å². The third-order valence-electron chi connectivity index (χ3n) is 3.70. The lowest BCUT2D eigenvalue weighted by Crippen LogP contribution is -2.17. The molecule has 0 atom stereocenters. The van der Waals surface area contributed by atoms with Crippen molar-refractivity contribution in [3.63, 3.8) is 0 Å². The van der Waals surface area contributed by atoms with Crippen LogP contribution in [0.3, 0.4) is 0 Å². The number of para-hydroxylation sites is 1. The number of hydrogen-bond donors (Lipinski definition) is 0. The van der Waals surface area contributed by atoms with Crippen LogP contribution in [0.4, 0.5) is 11.5 Å². The Hall–Kier alpha value is -1.66. The van der Waals surface area contributed by atoms with E-state index in [1.807, 2.05) is 36.2 Å². The Balaban J connectivity index is 2.12. The van der Waals surface area contributed by atoms with Crippen LogP contribution < -0.4 is 4.90 Å². The number of benzene rings is 1. The molecule has 7 heteroatoms. The van der Waals surface area contributed by atoms with Crippen LogP contribution in [0.1, 0.15) is 35.1 Å². The van der Waals surface area contributed by atoms with Crippen molar-refractivity contribution in [2.24, 2.45) is 0 Å². The predicted octanol–water partition coefficient (Wildman–Crippen LogP) is 4.32. The molecular weight excluding hydrogens is 382 g/mol. The summed E-state index contributed by atoms with van der Waals surface area (Å²) in [4.78, 5) is 22.7. The van der Waals surface area contributed by atoms with Gasteiger partial charge in [-0.05, 0) is 40.9 Å². The van der Waals surface area contributed by atoms with E-state index in [1.165, 1.54) is 7.11 Å². The third-order valence-corrected chi connectivity index (χ3v) is 4.72. The number of ether oxygens (including phenoxy) is 1. The van der Waals surface area contributed by atoms with Gasteiger partial charge in [-0.15, -0.1) is 0 Å². The molecule has 120 valence electrons. The molecular formula is C16H15BrClN3O2. The van der Waals surface area contributed by atoms with Gasteiger partial charge in [0.25, 0.3) is 0 Å². The average molecular weight is 397 g/mol. The fourth-order valence-corrected chi connectivity index (χ4v) is 3.11. The van der Waals surface area contributed by atoms with Crippen molar-refractivity contribution in [1.82, 2.24) is 9.97 Å².